The Labute approximate surface area is 103 Å². The van der Waals surface area contributed by atoms with Crippen molar-refractivity contribution in [3.63, 3.8) is 0 Å². The van der Waals surface area contributed by atoms with Crippen LogP contribution < -0.4 is 5.32 Å². The molecule has 0 radical (unpaired) electrons. The fourth-order valence-electron chi connectivity index (χ4n) is 2.97. The lowest BCUT2D eigenvalue weighted by Gasteiger charge is -2.29. The molecule has 1 aromatic heterocycles. The first-order chi connectivity index (χ1) is 8.29. The Morgan fingerprint density at radius 1 is 1.29 bits per heavy atom. The minimum Gasteiger partial charge on any atom is -0.311 e. The Kier molecular flexibility index (Phi) is 2.90. The van der Waals surface area contributed by atoms with Gasteiger partial charge in [0.25, 0.3) is 0 Å². The van der Waals surface area contributed by atoms with Crippen LogP contribution in [0.5, 0.6) is 0 Å². The third-order valence-electron chi connectivity index (χ3n) is 4.21. The molecule has 0 spiro atoms. The van der Waals surface area contributed by atoms with Crippen LogP contribution in [0.25, 0.3) is 0 Å². The molecule has 1 aliphatic carbocycles. The second-order valence-corrected chi connectivity index (χ2v) is 5.51. The van der Waals surface area contributed by atoms with Crippen LogP contribution >= 0.6 is 0 Å². The number of hydrogen-bond donors (Lipinski definition) is 1. The molecule has 0 amide bonds. The molecular weight excluding hydrogens is 212 g/mol. The molecule has 94 valence electrons. The first-order valence-electron chi connectivity index (χ1n) is 6.94. The molecule has 4 nitrogen and oxygen atoms in total. The van der Waals surface area contributed by atoms with Crippen LogP contribution in [-0.4, -0.2) is 21.3 Å². The highest BCUT2D eigenvalue weighted by Crippen LogP contribution is 2.39. The Balaban J connectivity index is 1.83. The predicted octanol–water partition coefficient (Wildman–Crippen LogP) is 2.37. The molecule has 2 atom stereocenters. The van der Waals surface area contributed by atoms with E-state index in [-0.39, 0.29) is 0 Å². The van der Waals surface area contributed by atoms with Crippen molar-refractivity contribution in [3.05, 3.63) is 11.6 Å². The van der Waals surface area contributed by atoms with Crippen molar-refractivity contribution in [3.8, 4) is 0 Å². The average molecular weight is 234 g/mol. The Morgan fingerprint density at radius 2 is 2.12 bits per heavy atom. The normalized spacial score (nSPS) is 29.5. The summed E-state index contributed by atoms with van der Waals surface area (Å²) in [4.78, 5) is 0. The van der Waals surface area contributed by atoms with Gasteiger partial charge in [-0.2, -0.15) is 0 Å². The number of aryl methyl sites for hydroxylation is 1. The molecule has 3 rings (SSSR count). The van der Waals surface area contributed by atoms with Crippen LogP contribution in [0.2, 0.25) is 0 Å². The molecule has 1 aliphatic heterocycles. The molecule has 1 saturated carbocycles. The highest BCUT2D eigenvalue weighted by Gasteiger charge is 2.32. The average Bonchev–Trinajstić information content (AvgIpc) is 3.12. The number of rotatable bonds is 3. The van der Waals surface area contributed by atoms with Crippen molar-refractivity contribution in [1.29, 1.82) is 0 Å². The van der Waals surface area contributed by atoms with Crippen molar-refractivity contribution < 1.29 is 0 Å². The second-order valence-electron chi connectivity index (χ2n) is 5.51. The maximum atomic E-state index is 4.42. The van der Waals surface area contributed by atoms with E-state index >= 15 is 0 Å². The second kappa shape index (κ2) is 4.41. The van der Waals surface area contributed by atoms with Crippen LogP contribution in [0.1, 0.15) is 62.8 Å². The maximum absolute atomic E-state index is 4.42. The summed E-state index contributed by atoms with van der Waals surface area (Å²) in [6.45, 7) is 5.50. The van der Waals surface area contributed by atoms with E-state index in [1.54, 1.807) is 0 Å². The molecule has 0 bridgehead atoms. The van der Waals surface area contributed by atoms with Gasteiger partial charge >= 0.3 is 0 Å². The lowest BCUT2D eigenvalue weighted by molar-refractivity contribution is 0.285. The quantitative estimate of drug-likeness (QED) is 0.873. The topological polar surface area (TPSA) is 42.7 Å². The van der Waals surface area contributed by atoms with Gasteiger partial charge in [0.15, 0.2) is 0 Å². The van der Waals surface area contributed by atoms with Gasteiger partial charge in [0.05, 0.1) is 6.04 Å². The van der Waals surface area contributed by atoms with Crippen LogP contribution in [0.15, 0.2) is 0 Å². The van der Waals surface area contributed by atoms with E-state index in [1.165, 1.54) is 37.9 Å². The zero-order valence-electron chi connectivity index (χ0n) is 10.8. The van der Waals surface area contributed by atoms with Crippen molar-refractivity contribution in [2.45, 2.75) is 58.0 Å². The van der Waals surface area contributed by atoms with Gasteiger partial charge in [-0.3, -0.25) is 0 Å². The lowest BCUT2D eigenvalue weighted by Crippen LogP contribution is -2.33. The molecule has 1 N–H and O–H groups in total. The van der Waals surface area contributed by atoms with E-state index in [0.29, 0.717) is 12.1 Å². The zero-order chi connectivity index (χ0) is 11.8. The molecule has 1 aromatic rings. The van der Waals surface area contributed by atoms with Crippen molar-refractivity contribution in [2.24, 2.45) is 5.92 Å². The van der Waals surface area contributed by atoms with E-state index < -0.39 is 0 Å². The summed E-state index contributed by atoms with van der Waals surface area (Å²) >= 11 is 0. The SMILES string of the molecule is CCC1CCNC(c2nnc(C)n2C2CC2)C1. The smallest absolute Gasteiger partial charge is 0.150 e. The minimum atomic E-state index is 0.426. The standard InChI is InChI=1S/C13H22N4/c1-3-10-6-7-14-12(8-10)13-16-15-9(2)17(13)11-4-5-11/h10-12,14H,3-8H2,1-2H3. The van der Waals surface area contributed by atoms with Crippen molar-refractivity contribution in [2.75, 3.05) is 6.54 Å². The molecule has 2 fully saturated rings. The van der Waals surface area contributed by atoms with Crippen molar-refractivity contribution >= 4 is 0 Å². The summed E-state index contributed by atoms with van der Waals surface area (Å²) in [5.41, 5.74) is 0. The number of nitrogens with one attached hydrogen (secondary N) is 1. The molecule has 1 saturated heterocycles. The van der Waals surface area contributed by atoms with Crippen LogP contribution in [0.3, 0.4) is 0 Å². The number of aromatic nitrogens is 3. The highest BCUT2D eigenvalue weighted by atomic mass is 15.3. The molecule has 0 aromatic carbocycles. The Bertz CT molecular complexity index is 394. The number of nitrogens with zero attached hydrogens (tertiary/aromatic N) is 3. The van der Waals surface area contributed by atoms with Gasteiger partial charge < -0.3 is 9.88 Å². The molecule has 2 unspecified atom stereocenters. The van der Waals surface area contributed by atoms with Gasteiger partial charge in [-0.1, -0.05) is 13.3 Å². The summed E-state index contributed by atoms with van der Waals surface area (Å²) in [5.74, 6) is 3.12. The van der Waals surface area contributed by atoms with E-state index in [1.807, 2.05) is 0 Å². The third-order valence-corrected chi connectivity index (χ3v) is 4.21. The summed E-state index contributed by atoms with van der Waals surface area (Å²) in [6, 6.07) is 1.11. The highest BCUT2D eigenvalue weighted by molar-refractivity contribution is 5.06. The van der Waals surface area contributed by atoms with Crippen LogP contribution in [-0.2, 0) is 0 Å². The fraction of sp³-hybridized carbons (Fsp3) is 0.846. The largest absolute Gasteiger partial charge is 0.311 e. The third kappa shape index (κ3) is 2.10. The van der Waals surface area contributed by atoms with E-state index in [9.17, 15) is 0 Å². The maximum Gasteiger partial charge on any atom is 0.150 e. The fourth-order valence-corrected chi connectivity index (χ4v) is 2.97. The Hall–Kier alpha value is -0.900. The number of piperidine rings is 1. The van der Waals surface area contributed by atoms with Gasteiger partial charge in [-0.05, 0) is 45.1 Å². The van der Waals surface area contributed by atoms with Gasteiger partial charge in [0, 0.05) is 6.04 Å². The van der Waals surface area contributed by atoms with Gasteiger partial charge in [0.1, 0.15) is 11.6 Å². The first kappa shape index (κ1) is 11.2. The van der Waals surface area contributed by atoms with Crippen LogP contribution in [0.4, 0.5) is 0 Å². The van der Waals surface area contributed by atoms with E-state index in [0.717, 1.165) is 18.3 Å². The molecular formula is C13H22N4. The van der Waals surface area contributed by atoms with E-state index in [2.05, 4.69) is 33.9 Å². The summed E-state index contributed by atoms with van der Waals surface area (Å²) in [5, 5.41) is 12.3. The van der Waals surface area contributed by atoms with Crippen molar-refractivity contribution in [1.82, 2.24) is 20.1 Å². The minimum absolute atomic E-state index is 0.426. The molecule has 2 heterocycles. The molecule has 4 heteroatoms. The van der Waals surface area contributed by atoms with Gasteiger partial charge in [-0.25, -0.2) is 0 Å². The lowest BCUT2D eigenvalue weighted by atomic mass is 9.90. The first-order valence-corrected chi connectivity index (χ1v) is 6.94. The zero-order valence-corrected chi connectivity index (χ0v) is 10.8. The Morgan fingerprint density at radius 3 is 2.82 bits per heavy atom. The number of hydrogen-bond acceptors (Lipinski definition) is 3. The summed E-state index contributed by atoms with van der Waals surface area (Å²) in [7, 11) is 0. The monoisotopic (exact) mass is 234 g/mol. The van der Waals surface area contributed by atoms with E-state index in [4.69, 9.17) is 0 Å². The summed E-state index contributed by atoms with van der Waals surface area (Å²) in [6.07, 6.45) is 6.42. The van der Waals surface area contributed by atoms with Gasteiger partial charge in [0.2, 0.25) is 0 Å². The van der Waals surface area contributed by atoms with Crippen LogP contribution in [0, 0.1) is 12.8 Å². The predicted molar refractivity (Wildman–Crippen MR) is 66.8 cm³/mol. The van der Waals surface area contributed by atoms with Gasteiger partial charge in [-0.15, -0.1) is 10.2 Å². The summed E-state index contributed by atoms with van der Waals surface area (Å²) < 4.78 is 2.37. The molecule has 2 aliphatic rings. The molecule has 17 heavy (non-hydrogen) atoms.